The Bertz CT molecular complexity index is 417. The second kappa shape index (κ2) is 6.96. The molecule has 0 aromatic carbocycles. The fraction of sp³-hybridized carbons (Fsp3) is 0.875. The molecule has 0 aromatic rings. The van der Waals surface area contributed by atoms with Gasteiger partial charge >= 0.3 is 11.9 Å². The van der Waals surface area contributed by atoms with Crippen molar-refractivity contribution >= 4 is 11.9 Å². The number of aliphatic hydroxyl groups excluding tert-OH is 1. The summed E-state index contributed by atoms with van der Waals surface area (Å²) in [5.41, 5.74) is -1.85. The summed E-state index contributed by atoms with van der Waals surface area (Å²) >= 11 is 0. The topological polar surface area (TPSA) is 93.1 Å². The molecule has 1 aliphatic rings. The molecular weight excluding hydrogens is 288 g/mol. The summed E-state index contributed by atoms with van der Waals surface area (Å²) in [6.07, 6.45) is 0.351. The van der Waals surface area contributed by atoms with Gasteiger partial charge in [-0.25, -0.2) is 0 Å². The maximum atomic E-state index is 12.3. The lowest BCUT2D eigenvalue weighted by molar-refractivity contribution is -0.160. The van der Waals surface area contributed by atoms with E-state index in [1.165, 1.54) is 7.11 Å². The minimum atomic E-state index is -1.23. The predicted molar refractivity (Wildman–Crippen MR) is 79.9 cm³/mol. The summed E-state index contributed by atoms with van der Waals surface area (Å²) < 4.78 is 10.00. The number of hydrogen-bond donors (Lipinski definition) is 2. The van der Waals surface area contributed by atoms with Crippen LogP contribution in [-0.2, 0) is 19.1 Å². The Morgan fingerprint density at radius 1 is 1.23 bits per heavy atom. The van der Waals surface area contributed by atoms with E-state index in [1.807, 2.05) is 13.8 Å². The number of hydrogen-bond acceptors (Lipinski definition) is 6. The van der Waals surface area contributed by atoms with Gasteiger partial charge in [-0.2, -0.15) is 0 Å². The van der Waals surface area contributed by atoms with Crippen molar-refractivity contribution in [3.63, 3.8) is 0 Å². The van der Waals surface area contributed by atoms with Gasteiger partial charge in [0, 0.05) is 6.61 Å². The van der Waals surface area contributed by atoms with Gasteiger partial charge in [-0.05, 0) is 38.5 Å². The van der Waals surface area contributed by atoms with Crippen molar-refractivity contribution in [2.75, 3.05) is 13.7 Å². The lowest BCUT2D eigenvalue weighted by Gasteiger charge is -2.40. The van der Waals surface area contributed by atoms with Crippen LogP contribution in [0.1, 0.15) is 47.0 Å². The summed E-state index contributed by atoms with van der Waals surface area (Å²) in [5, 5.41) is 20.2. The molecule has 0 amide bonds. The van der Waals surface area contributed by atoms with E-state index in [9.17, 15) is 19.8 Å². The van der Waals surface area contributed by atoms with Crippen molar-refractivity contribution in [3.8, 4) is 0 Å². The van der Waals surface area contributed by atoms with Crippen LogP contribution in [0.5, 0.6) is 0 Å². The molecule has 1 fully saturated rings. The number of carbonyl (C=O) groups is 2. The standard InChI is InChI=1S/C16H28O6/c1-10(2)22-14(19)12-9-16(20,15(3,4)6-7-17)8-11(12)13(18)21-5/h10-12,17,20H,6-9H2,1-5H3/t11-,12-,16+/m0/s1. The van der Waals surface area contributed by atoms with Crippen LogP contribution in [0.2, 0.25) is 0 Å². The monoisotopic (exact) mass is 316 g/mol. The van der Waals surface area contributed by atoms with Crippen molar-refractivity contribution in [3.05, 3.63) is 0 Å². The zero-order chi connectivity index (χ0) is 17.1. The summed E-state index contributed by atoms with van der Waals surface area (Å²) in [7, 11) is 1.27. The van der Waals surface area contributed by atoms with E-state index >= 15 is 0 Å². The predicted octanol–water partition coefficient (Wildman–Crippen LogP) is 1.28. The van der Waals surface area contributed by atoms with Crippen LogP contribution in [0, 0.1) is 17.3 Å². The minimum absolute atomic E-state index is 0.0701. The molecule has 3 atom stereocenters. The molecule has 22 heavy (non-hydrogen) atoms. The molecule has 0 saturated heterocycles. The first-order chi connectivity index (χ1) is 10.1. The average Bonchev–Trinajstić information content (AvgIpc) is 2.77. The first-order valence-electron chi connectivity index (χ1n) is 7.69. The van der Waals surface area contributed by atoms with E-state index in [-0.39, 0.29) is 25.6 Å². The van der Waals surface area contributed by atoms with Crippen LogP contribution in [0.3, 0.4) is 0 Å². The number of aliphatic hydroxyl groups is 2. The van der Waals surface area contributed by atoms with Crippen LogP contribution in [-0.4, -0.2) is 47.6 Å². The molecule has 0 heterocycles. The van der Waals surface area contributed by atoms with E-state index in [2.05, 4.69) is 0 Å². The van der Waals surface area contributed by atoms with Gasteiger partial charge < -0.3 is 19.7 Å². The van der Waals surface area contributed by atoms with Gasteiger partial charge in [-0.1, -0.05) is 13.8 Å². The summed E-state index contributed by atoms with van der Waals surface area (Å²) in [4.78, 5) is 24.3. The van der Waals surface area contributed by atoms with E-state index in [0.29, 0.717) is 6.42 Å². The van der Waals surface area contributed by atoms with Gasteiger partial charge in [-0.3, -0.25) is 9.59 Å². The fourth-order valence-electron chi connectivity index (χ4n) is 3.13. The number of carbonyl (C=O) groups excluding carboxylic acids is 2. The van der Waals surface area contributed by atoms with Crippen molar-refractivity contribution in [2.24, 2.45) is 17.3 Å². The van der Waals surface area contributed by atoms with Crippen LogP contribution in [0.4, 0.5) is 0 Å². The van der Waals surface area contributed by atoms with Gasteiger partial charge in [0.25, 0.3) is 0 Å². The van der Waals surface area contributed by atoms with Gasteiger partial charge in [0.15, 0.2) is 0 Å². The largest absolute Gasteiger partial charge is 0.469 e. The summed E-state index contributed by atoms with van der Waals surface area (Å²) in [6, 6.07) is 0. The quantitative estimate of drug-likeness (QED) is 0.717. The second-order valence-electron chi connectivity index (χ2n) is 7.02. The Balaban J connectivity index is 3.05. The smallest absolute Gasteiger partial charge is 0.310 e. The van der Waals surface area contributed by atoms with Crippen molar-refractivity contribution < 1.29 is 29.3 Å². The molecule has 6 nitrogen and oxygen atoms in total. The highest BCUT2D eigenvalue weighted by Gasteiger charge is 2.57. The SMILES string of the molecule is COC(=O)[C@H]1C[C@](O)(C(C)(C)CCO)C[C@@H]1C(=O)OC(C)C. The van der Waals surface area contributed by atoms with Gasteiger partial charge in [0.05, 0.1) is 30.7 Å². The van der Waals surface area contributed by atoms with Crippen molar-refractivity contribution in [1.82, 2.24) is 0 Å². The van der Waals surface area contributed by atoms with E-state index < -0.39 is 34.8 Å². The van der Waals surface area contributed by atoms with Crippen LogP contribution in [0.15, 0.2) is 0 Å². The molecule has 0 aromatic heterocycles. The molecule has 1 saturated carbocycles. The molecule has 0 unspecified atom stereocenters. The fourth-order valence-corrected chi connectivity index (χ4v) is 3.13. The number of esters is 2. The van der Waals surface area contributed by atoms with Crippen LogP contribution >= 0.6 is 0 Å². The summed E-state index contributed by atoms with van der Waals surface area (Å²) in [5.74, 6) is -2.44. The Kier molecular flexibility index (Phi) is 5.98. The molecule has 0 radical (unpaired) electrons. The first kappa shape index (κ1) is 18.9. The van der Waals surface area contributed by atoms with Crippen LogP contribution < -0.4 is 0 Å². The van der Waals surface area contributed by atoms with Gasteiger partial charge in [0.1, 0.15) is 0 Å². The molecule has 128 valence electrons. The molecule has 0 aliphatic heterocycles. The Morgan fingerprint density at radius 2 is 1.73 bits per heavy atom. The Morgan fingerprint density at radius 3 is 2.14 bits per heavy atom. The summed E-state index contributed by atoms with van der Waals surface area (Å²) in [6.45, 7) is 7.06. The van der Waals surface area contributed by atoms with Gasteiger partial charge in [0.2, 0.25) is 0 Å². The van der Waals surface area contributed by atoms with Gasteiger partial charge in [-0.15, -0.1) is 0 Å². The van der Waals surface area contributed by atoms with E-state index in [4.69, 9.17) is 9.47 Å². The second-order valence-corrected chi connectivity index (χ2v) is 7.02. The molecule has 2 N–H and O–H groups in total. The number of methoxy groups -OCH3 is 1. The third kappa shape index (κ3) is 3.79. The maximum Gasteiger partial charge on any atom is 0.310 e. The van der Waals surface area contributed by atoms with Crippen molar-refractivity contribution in [2.45, 2.75) is 58.7 Å². The lowest BCUT2D eigenvalue weighted by Crippen LogP contribution is -2.43. The highest BCUT2D eigenvalue weighted by Crippen LogP contribution is 2.51. The number of rotatable bonds is 6. The maximum absolute atomic E-state index is 12.3. The zero-order valence-electron chi connectivity index (χ0n) is 14.1. The zero-order valence-corrected chi connectivity index (χ0v) is 14.1. The highest BCUT2D eigenvalue weighted by molar-refractivity contribution is 5.83. The molecule has 1 rings (SSSR count). The van der Waals surface area contributed by atoms with Crippen LogP contribution in [0.25, 0.3) is 0 Å². The normalized spacial score (nSPS) is 28.7. The molecule has 6 heteroatoms. The van der Waals surface area contributed by atoms with E-state index in [1.54, 1.807) is 13.8 Å². The average molecular weight is 316 g/mol. The highest BCUT2D eigenvalue weighted by atomic mass is 16.5. The minimum Gasteiger partial charge on any atom is -0.469 e. The lowest BCUT2D eigenvalue weighted by atomic mass is 9.71. The first-order valence-corrected chi connectivity index (χ1v) is 7.69. The van der Waals surface area contributed by atoms with E-state index in [0.717, 1.165) is 0 Å². The third-order valence-electron chi connectivity index (χ3n) is 4.76. The van der Waals surface area contributed by atoms with Crippen molar-refractivity contribution in [1.29, 1.82) is 0 Å². The molecule has 1 aliphatic carbocycles. The molecule has 0 spiro atoms. The molecular formula is C16H28O6. The third-order valence-corrected chi connectivity index (χ3v) is 4.76. The Hall–Kier alpha value is -1.14. The molecule has 0 bridgehead atoms. The number of ether oxygens (including phenoxy) is 2. The Labute approximate surface area is 131 Å².